The third-order valence-electron chi connectivity index (χ3n) is 9.05. The molecule has 0 fully saturated rings. The largest absolute Gasteiger partial charge is 0.355 e. The van der Waals surface area contributed by atoms with Crippen molar-refractivity contribution in [3.05, 3.63) is 132 Å². The van der Waals surface area contributed by atoms with Crippen LogP contribution in [0, 0.1) is 11.3 Å². The first kappa shape index (κ1) is 28.7. The highest BCUT2D eigenvalue weighted by atomic mass is 15.1. The maximum atomic E-state index is 9.54. The van der Waals surface area contributed by atoms with Crippen molar-refractivity contribution in [3.8, 4) is 6.07 Å². The molecule has 0 saturated heterocycles. The highest BCUT2D eigenvalue weighted by molar-refractivity contribution is 6.29. The average Bonchev–Trinajstić information content (AvgIpc) is 3.54. The third kappa shape index (κ3) is 4.92. The van der Waals surface area contributed by atoms with Crippen molar-refractivity contribution in [1.82, 2.24) is 0 Å². The molecule has 0 aromatic heterocycles. The molecular weight excluding hydrogens is 546 g/mol. The quantitative estimate of drug-likeness (QED) is 0.205. The van der Waals surface area contributed by atoms with Gasteiger partial charge in [0.25, 0.3) is 0 Å². The fourth-order valence-corrected chi connectivity index (χ4v) is 6.90. The number of anilines is 4. The van der Waals surface area contributed by atoms with Crippen LogP contribution in [0.2, 0.25) is 0 Å². The zero-order chi connectivity index (χ0) is 31.5. The van der Waals surface area contributed by atoms with Crippen LogP contribution in [-0.2, 0) is 10.8 Å². The van der Waals surface area contributed by atoms with Crippen LogP contribution in [0.3, 0.4) is 0 Å². The molecule has 0 unspecified atom stereocenters. The van der Waals surface area contributed by atoms with Crippen LogP contribution in [0.5, 0.6) is 0 Å². The standard InChI is InChI=1S/C42H39N3/c1-41(2,3)35-24-37(44-28-12-10-11-13-28)33-22-20-32-36(42(4,5)6)25-38(34-23-21-31(35)39(33)40(32)34)45(29-14-8-7-9-15-29)30-18-16-27(26-43)17-19-30/h7-10,12-25,44H,11H2,1-6H3. The maximum Gasteiger partial charge on any atom is 0.0991 e. The second-order valence-corrected chi connectivity index (χ2v) is 14.2. The van der Waals surface area contributed by atoms with Gasteiger partial charge >= 0.3 is 0 Å². The Labute approximate surface area is 266 Å². The van der Waals surface area contributed by atoms with E-state index in [0.717, 1.165) is 34.9 Å². The van der Waals surface area contributed by atoms with Crippen molar-refractivity contribution in [2.45, 2.75) is 58.8 Å². The third-order valence-corrected chi connectivity index (χ3v) is 9.05. The molecule has 1 aliphatic carbocycles. The summed E-state index contributed by atoms with van der Waals surface area (Å²) in [6.07, 6.45) is 7.59. The Morgan fingerprint density at radius 1 is 0.667 bits per heavy atom. The molecule has 0 radical (unpaired) electrons. The van der Waals surface area contributed by atoms with Crippen LogP contribution in [0.1, 0.15) is 64.7 Å². The number of allylic oxidation sites excluding steroid dienone is 3. The molecule has 222 valence electrons. The second kappa shape index (κ2) is 10.5. The summed E-state index contributed by atoms with van der Waals surface area (Å²) in [5.41, 5.74) is 8.68. The van der Waals surface area contributed by atoms with E-state index >= 15 is 0 Å². The number of para-hydroxylation sites is 1. The van der Waals surface area contributed by atoms with E-state index in [9.17, 15) is 5.26 Å². The molecule has 3 heteroatoms. The van der Waals surface area contributed by atoms with E-state index in [0.29, 0.717) is 5.56 Å². The average molecular weight is 586 g/mol. The van der Waals surface area contributed by atoms with Crippen LogP contribution in [-0.4, -0.2) is 0 Å². The number of rotatable bonds is 5. The molecule has 7 rings (SSSR count). The normalized spacial score (nSPS) is 13.5. The molecule has 6 aromatic carbocycles. The van der Waals surface area contributed by atoms with Crippen LogP contribution in [0.15, 0.2) is 115 Å². The lowest BCUT2D eigenvalue weighted by molar-refractivity contribution is 0.595. The highest BCUT2D eigenvalue weighted by Crippen LogP contribution is 2.50. The highest BCUT2D eigenvalue weighted by Gasteiger charge is 2.28. The van der Waals surface area contributed by atoms with Gasteiger partial charge in [0.05, 0.1) is 17.3 Å². The van der Waals surface area contributed by atoms with Gasteiger partial charge in [-0.1, -0.05) is 96.2 Å². The Bertz CT molecular complexity index is 2160. The van der Waals surface area contributed by atoms with Gasteiger partial charge in [0.15, 0.2) is 0 Å². The lowest BCUT2D eigenvalue weighted by atomic mass is 9.77. The Kier molecular flexibility index (Phi) is 6.71. The summed E-state index contributed by atoms with van der Waals surface area (Å²) in [7, 11) is 0. The number of nitrogens with one attached hydrogen (secondary N) is 1. The van der Waals surface area contributed by atoms with Crippen LogP contribution >= 0.6 is 0 Å². The lowest BCUT2D eigenvalue weighted by Crippen LogP contribution is -2.16. The van der Waals surface area contributed by atoms with Gasteiger partial charge < -0.3 is 10.2 Å². The molecule has 0 atom stereocenters. The van der Waals surface area contributed by atoms with Crippen molar-refractivity contribution in [1.29, 1.82) is 5.26 Å². The van der Waals surface area contributed by atoms with Gasteiger partial charge in [-0.25, -0.2) is 0 Å². The number of hydrogen-bond acceptors (Lipinski definition) is 3. The van der Waals surface area contributed by atoms with E-state index in [1.165, 1.54) is 43.4 Å². The van der Waals surface area contributed by atoms with E-state index in [-0.39, 0.29) is 10.8 Å². The molecule has 0 aliphatic heterocycles. The molecule has 1 aliphatic rings. The fourth-order valence-electron chi connectivity index (χ4n) is 6.90. The molecule has 3 nitrogen and oxygen atoms in total. The van der Waals surface area contributed by atoms with Crippen molar-refractivity contribution in [2.75, 3.05) is 10.2 Å². The molecule has 0 bridgehead atoms. The van der Waals surface area contributed by atoms with E-state index in [4.69, 9.17) is 0 Å². The zero-order valence-electron chi connectivity index (χ0n) is 27.0. The van der Waals surface area contributed by atoms with Gasteiger partial charge in [-0.3, -0.25) is 0 Å². The Morgan fingerprint density at radius 3 is 1.84 bits per heavy atom. The monoisotopic (exact) mass is 585 g/mol. The lowest BCUT2D eigenvalue weighted by Gasteiger charge is -2.32. The Balaban J connectivity index is 1.63. The summed E-state index contributed by atoms with van der Waals surface area (Å²) >= 11 is 0. The Morgan fingerprint density at radius 2 is 1.24 bits per heavy atom. The summed E-state index contributed by atoms with van der Waals surface area (Å²) in [4.78, 5) is 2.35. The maximum absolute atomic E-state index is 9.54. The van der Waals surface area contributed by atoms with Crippen LogP contribution < -0.4 is 10.2 Å². The summed E-state index contributed by atoms with van der Waals surface area (Å²) in [6.45, 7) is 13.9. The number of benzene rings is 6. The second-order valence-electron chi connectivity index (χ2n) is 14.2. The topological polar surface area (TPSA) is 39.1 Å². The van der Waals surface area contributed by atoms with Crippen molar-refractivity contribution < 1.29 is 0 Å². The summed E-state index contributed by atoms with van der Waals surface area (Å²) in [5, 5.41) is 21.0. The van der Waals surface area contributed by atoms with E-state index in [1.807, 2.05) is 12.1 Å². The minimum absolute atomic E-state index is 0.0487. The number of hydrogen-bond donors (Lipinski definition) is 1. The van der Waals surface area contributed by atoms with Gasteiger partial charge in [0, 0.05) is 33.5 Å². The number of nitriles is 1. The molecule has 6 aromatic rings. The molecule has 0 heterocycles. The minimum atomic E-state index is -0.0997. The smallest absolute Gasteiger partial charge is 0.0991 e. The molecular formula is C42H39N3. The Hall–Kier alpha value is -5.07. The molecule has 0 spiro atoms. The van der Waals surface area contributed by atoms with E-state index in [1.54, 1.807) is 0 Å². The summed E-state index contributed by atoms with van der Waals surface area (Å²) < 4.78 is 0. The van der Waals surface area contributed by atoms with Gasteiger partial charge in [0.2, 0.25) is 0 Å². The predicted molar refractivity (Wildman–Crippen MR) is 192 cm³/mol. The van der Waals surface area contributed by atoms with E-state index in [2.05, 4.69) is 155 Å². The summed E-state index contributed by atoms with van der Waals surface area (Å²) in [5.74, 6) is 0. The molecule has 1 N–H and O–H groups in total. The first-order valence-electron chi connectivity index (χ1n) is 15.8. The SMILES string of the molecule is CC(C)(C)c1cc(NC2=CCC=C2)c2ccc3c(C(C)(C)C)cc(N(c4ccccc4)c4ccc(C#N)cc4)c4ccc1c2c43. The van der Waals surface area contributed by atoms with Crippen LogP contribution in [0.25, 0.3) is 32.3 Å². The number of nitrogens with zero attached hydrogens (tertiary/aromatic N) is 2. The predicted octanol–water partition coefficient (Wildman–Crippen LogP) is 11.8. The molecule has 0 amide bonds. The van der Waals surface area contributed by atoms with E-state index < -0.39 is 0 Å². The molecule has 45 heavy (non-hydrogen) atoms. The van der Waals surface area contributed by atoms with Crippen LogP contribution in [0.4, 0.5) is 22.7 Å². The van der Waals surface area contributed by atoms with Gasteiger partial charge in [-0.05, 0) is 105 Å². The van der Waals surface area contributed by atoms with Gasteiger partial charge in [-0.2, -0.15) is 5.26 Å². The first-order valence-corrected chi connectivity index (χ1v) is 15.8. The molecule has 0 saturated carbocycles. The van der Waals surface area contributed by atoms with Gasteiger partial charge in [-0.15, -0.1) is 0 Å². The fraction of sp³-hybridized carbons (Fsp3) is 0.214. The van der Waals surface area contributed by atoms with Gasteiger partial charge in [0.1, 0.15) is 0 Å². The minimum Gasteiger partial charge on any atom is -0.355 e. The van der Waals surface area contributed by atoms with Crippen molar-refractivity contribution in [3.63, 3.8) is 0 Å². The first-order chi connectivity index (χ1) is 21.5. The summed E-state index contributed by atoms with van der Waals surface area (Å²) in [6, 6.07) is 34.9. The van der Waals surface area contributed by atoms with Crippen molar-refractivity contribution in [2.24, 2.45) is 0 Å². The zero-order valence-corrected chi connectivity index (χ0v) is 27.0. The van der Waals surface area contributed by atoms with Crippen molar-refractivity contribution >= 4 is 55.1 Å².